The summed E-state index contributed by atoms with van der Waals surface area (Å²) < 4.78 is 5.38. The standard InChI is InChI=1S/C15H18N2O3/c1-10(2)15(14(18)19)5-7-17(9-15)13-11-4-8-20-12(11)3-6-16-13/h3-4,6,8,10H,5,7,9H2,1-2H3,(H,18,19). The number of rotatable bonds is 3. The van der Waals surface area contributed by atoms with Crippen molar-refractivity contribution in [2.45, 2.75) is 20.3 Å². The van der Waals surface area contributed by atoms with Gasteiger partial charge in [0.25, 0.3) is 0 Å². The van der Waals surface area contributed by atoms with Gasteiger partial charge in [0.15, 0.2) is 0 Å². The predicted octanol–water partition coefficient (Wildman–Crippen LogP) is 2.76. The Bertz CT molecular complexity index is 649. The van der Waals surface area contributed by atoms with Gasteiger partial charge in [0.05, 0.1) is 17.1 Å². The number of hydrogen-bond donors (Lipinski definition) is 1. The van der Waals surface area contributed by atoms with Crippen LogP contribution in [0.1, 0.15) is 20.3 Å². The van der Waals surface area contributed by atoms with Gasteiger partial charge in [0, 0.05) is 19.3 Å². The van der Waals surface area contributed by atoms with Crippen LogP contribution in [-0.4, -0.2) is 29.1 Å². The van der Waals surface area contributed by atoms with Crippen LogP contribution in [0.25, 0.3) is 11.0 Å². The average molecular weight is 274 g/mol. The number of aromatic nitrogens is 1. The topological polar surface area (TPSA) is 66.6 Å². The molecule has 5 nitrogen and oxygen atoms in total. The van der Waals surface area contributed by atoms with Gasteiger partial charge in [-0.2, -0.15) is 0 Å². The molecule has 1 aliphatic rings. The first-order valence-electron chi connectivity index (χ1n) is 6.85. The lowest BCUT2D eigenvalue weighted by Crippen LogP contribution is -2.39. The molecule has 106 valence electrons. The largest absolute Gasteiger partial charge is 0.481 e. The number of carbonyl (C=O) groups is 1. The van der Waals surface area contributed by atoms with E-state index in [1.807, 2.05) is 26.0 Å². The molecule has 0 bridgehead atoms. The molecule has 2 aromatic heterocycles. The van der Waals surface area contributed by atoms with Crippen LogP contribution in [0.3, 0.4) is 0 Å². The van der Waals surface area contributed by atoms with Crippen LogP contribution < -0.4 is 4.90 Å². The maximum atomic E-state index is 11.7. The molecule has 0 amide bonds. The van der Waals surface area contributed by atoms with Gasteiger partial charge in [-0.25, -0.2) is 4.98 Å². The smallest absolute Gasteiger partial charge is 0.311 e. The van der Waals surface area contributed by atoms with Crippen LogP contribution >= 0.6 is 0 Å². The van der Waals surface area contributed by atoms with E-state index in [-0.39, 0.29) is 5.92 Å². The normalized spacial score (nSPS) is 22.9. The Balaban J connectivity index is 1.98. The van der Waals surface area contributed by atoms with E-state index in [0.717, 1.165) is 16.8 Å². The van der Waals surface area contributed by atoms with Crippen LogP contribution in [0, 0.1) is 11.3 Å². The van der Waals surface area contributed by atoms with Gasteiger partial charge in [0.1, 0.15) is 11.4 Å². The molecule has 20 heavy (non-hydrogen) atoms. The highest BCUT2D eigenvalue weighted by Gasteiger charge is 2.47. The Kier molecular flexibility index (Phi) is 2.92. The second-order valence-electron chi connectivity index (χ2n) is 5.75. The number of nitrogens with zero attached hydrogens (tertiary/aromatic N) is 2. The maximum Gasteiger partial charge on any atom is 0.311 e. The van der Waals surface area contributed by atoms with Crippen molar-refractivity contribution in [3.8, 4) is 0 Å². The monoisotopic (exact) mass is 274 g/mol. The van der Waals surface area contributed by atoms with Crippen molar-refractivity contribution in [3.63, 3.8) is 0 Å². The minimum Gasteiger partial charge on any atom is -0.481 e. The van der Waals surface area contributed by atoms with Crippen LogP contribution in [0.4, 0.5) is 5.82 Å². The van der Waals surface area contributed by atoms with Crippen molar-refractivity contribution in [2.24, 2.45) is 11.3 Å². The highest BCUT2D eigenvalue weighted by molar-refractivity contribution is 5.89. The summed E-state index contributed by atoms with van der Waals surface area (Å²) in [7, 11) is 0. The summed E-state index contributed by atoms with van der Waals surface area (Å²) in [5, 5.41) is 10.5. The minimum absolute atomic E-state index is 0.0913. The molecule has 3 rings (SSSR count). The summed E-state index contributed by atoms with van der Waals surface area (Å²) >= 11 is 0. The minimum atomic E-state index is -0.714. The molecular formula is C15H18N2O3. The molecule has 1 N–H and O–H groups in total. The first-order chi connectivity index (χ1) is 9.54. The molecular weight excluding hydrogens is 256 g/mol. The first-order valence-corrected chi connectivity index (χ1v) is 6.85. The number of carboxylic acids is 1. The Morgan fingerprint density at radius 2 is 2.30 bits per heavy atom. The molecule has 3 heterocycles. The van der Waals surface area contributed by atoms with Crippen molar-refractivity contribution in [1.82, 2.24) is 4.98 Å². The van der Waals surface area contributed by atoms with E-state index < -0.39 is 11.4 Å². The Morgan fingerprint density at radius 3 is 2.95 bits per heavy atom. The van der Waals surface area contributed by atoms with E-state index in [4.69, 9.17) is 4.42 Å². The fourth-order valence-corrected chi connectivity index (χ4v) is 3.04. The van der Waals surface area contributed by atoms with Crippen LogP contribution in [0.5, 0.6) is 0 Å². The maximum absolute atomic E-state index is 11.7. The van der Waals surface area contributed by atoms with Crippen molar-refractivity contribution >= 4 is 22.8 Å². The Labute approximate surface area is 117 Å². The number of hydrogen-bond acceptors (Lipinski definition) is 4. The summed E-state index contributed by atoms with van der Waals surface area (Å²) in [5.74, 6) is 0.197. The molecule has 0 spiro atoms. The lowest BCUT2D eigenvalue weighted by molar-refractivity contribution is -0.150. The molecule has 0 aliphatic carbocycles. The fourth-order valence-electron chi connectivity index (χ4n) is 3.04. The summed E-state index contributed by atoms with van der Waals surface area (Å²) in [5.41, 5.74) is 0.0977. The summed E-state index contributed by atoms with van der Waals surface area (Å²) in [4.78, 5) is 18.2. The van der Waals surface area contributed by atoms with Crippen LogP contribution in [0.2, 0.25) is 0 Å². The van der Waals surface area contributed by atoms with Crippen LogP contribution in [-0.2, 0) is 4.79 Å². The highest BCUT2D eigenvalue weighted by Crippen LogP contribution is 2.41. The third-order valence-electron chi connectivity index (χ3n) is 4.49. The zero-order valence-corrected chi connectivity index (χ0v) is 11.7. The van der Waals surface area contributed by atoms with Gasteiger partial charge in [-0.1, -0.05) is 13.8 Å². The molecule has 1 saturated heterocycles. The molecule has 0 saturated carbocycles. The van der Waals surface area contributed by atoms with Gasteiger partial charge in [-0.15, -0.1) is 0 Å². The van der Waals surface area contributed by atoms with Gasteiger partial charge in [-0.05, 0) is 24.5 Å². The van der Waals surface area contributed by atoms with Crippen molar-refractivity contribution in [2.75, 3.05) is 18.0 Å². The van der Waals surface area contributed by atoms with E-state index in [9.17, 15) is 9.90 Å². The van der Waals surface area contributed by atoms with Crippen molar-refractivity contribution in [3.05, 3.63) is 24.6 Å². The number of carboxylic acid groups (broad SMARTS) is 1. The lowest BCUT2D eigenvalue weighted by Gasteiger charge is -2.29. The molecule has 0 aromatic carbocycles. The fraction of sp³-hybridized carbons (Fsp3) is 0.467. The quantitative estimate of drug-likeness (QED) is 0.932. The van der Waals surface area contributed by atoms with E-state index in [1.54, 1.807) is 12.5 Å². The van der Waals surface area contributed by atoms with Crippen LogP contribution in [0.15, 0.2) is 29.0 Å². The van der Waals surface area contributed by atoms with E-state index in [0.29, 0.717) is 19.5 Å². The molecule has 1 unspecified atom stereocenters. The number of anilines is 1. The molecule has 2 aromatic rings. The van der Waals surface area contributed by atoms with Gasteiger partial charge in [0.2, 0.25) is 0 Å². The first kappa shape index (κ1) is 13.0. The average Bonchev–Trinajstić information content (AvgIpc) is 3.05. The summed E-state index contributed by atoms with van der Waals surface area (Å²) in [6.07, 6.45) is 3.99. The van der Waals surface area contributed by atoms with Crippen molar-refractivity contribution in [1.29, 1.82) is 0 Å². The predicted molar refractivity (Wildman–Crippen MR) is 75.7 cm³/mol. The molecule has 1 atom stereocenters. The number of pyridine rings is 1. The number of furan rings is 1. The Hall–Kier alpha value is -2.04. The second-order valence-corrected chi connectivity index (χ2v) is 5.75. The zero-order chi connectivity index (χ0) is 14.3. The lowest BCUT2D eigenvalue weighted by atomic mass is 9.76. The van der Waals surface area contributed by atoms with E-state index in [2.05, 4.69) is 9.88 Å². The van der Waals surface area contributed by atoms with Gasteiger partial charge in [-0.3, -0.25) is 4.79 Å². The SMILES string of the molecule is CC(C)C1(C(=O)O)CCN(c2nccc3occc23)C1. The molecule has 5 heteroatoms. The molecule has 0 radical (unpaired) electrons. The van der Waals surface area contributed by atoms with E-state index in [1.165, 1.54) is 0 Å². The van der Waals surface area contributed by atoms with Gasteiger partial charge < -0.3 is 14.4 Å². The number of fused-ring (bicyclic) bond motifs is 1. The zero-order valence-electron chi connectivity index (χ0n) is 11.7. The summed E-state index contributed by atoms with van der Waals surface area (Å²) in [6, 6.07) is 3.70. The number of aliphatic carboxylic acids is 1. The van der Waals surface area contributed by atoms with E-state index >= 15 is 0 Å². The summed E-state index contributed by atoms with van der Waals surface area (Å²) in [6.45, 7) is 5.16. The highest BCUT2D eigenvalue weighted by atomic mass is 16.4. The second kappa shape index (κ2) is 4.51. The third-order valence-corrected chi connectivity index (χ3v) is 4.49. The third kappa shape index (κ3) is 1.77. The molecule has 1 aliphatic heterocycles. The van der Waals surface area contributed by atoms with Crippen molar-refractivity contribution < 1.29 is 14.3 Å². The Morgan fingerprint density at radius 1 is 1.50 bits per heavy atom. The van der Waals surface area contributed by atoms with Gasteiger partial charge >= 0.3 is 5.97 Å². The molecule has 1 fully saturated rings.